The Bertz CT molecular complexity index is 770. The van der Waals surface area contributed by atoms with Gasteiger partial charge in [-0.3, -0.25) is 14.4 Å². The molecule has 0 saturated heterocycles. The normalized spacial score (nSPS) is 14.2. The number of phenols is 2. The topological polar surface area (TPSA) is 101 Å². The van der Waals surface area contributed by atoms with Crippen LogP contribution in [0.3, 0.4) is 0 Å². The number of ketones is 2. The van der Waals surface area contributed by atoms with Crippen molar-refractivity contribution < 1.29 is 29.3 Å². The number of allylic oxidation sites excluding steroid dienone is 3. The Morgan fingerprint density at radius 1 is 1.12 bits per heavy atom. The van der Waals surface area contributed by atoms with Gasteiger partial charge in [-0.2, -0.15) is 0 Å². The lowest BCUT2D eigenvalue weighted by Crippen LogP contribution is -2.17. The van der Waals surface area contributed by atoms with Crippen molar-refractivity contribution in [3.63, 3.8) is 0 Å². The van der Waals surface area contributed by atoms with Crippen LogP contribution in [0.4, 0.5) is 0 Å². The van der Waals surface area contributed by atoms with Crippen LogP contribution in [-0.2, 0) is 9.53 Å². The highest BCUT2D eigenvalue weighted by Crippen LogP contribution is 2.35. The summed E-state index contributed by atoms with van der Waals surface area (Å²) in [5.74, 6) is -2.00. The van der Waals surface area contributed by atoms with E-state index in [9.17, 15) is 24.6 Å². The number of hydrogen-bond donors (Lipinski definition) is 2. The zero-order chi connectivity index (χ0) is 17.9. The van der Waals surface area contributed by atoms with Crippen LogP contribution in [-0.4, -0.2) is 34.4 Å². The number of fused-ring (bicyclic) bond motifs is 1. The number of carbonyl (C=O) groups is 3. The van der Waals surface area contributed by atoms with E-state index in [1.165, 1.54) is 25.1 Å². The molecule has 126 valence electrons. The van der Waals surface area contributed by atoms with Crippen molar-refractivity contribution in [1.29, 1.82) is 0 Å². The molecule has 0 aromatic heterocycles. The first-order chi connectivity index (χ1) is 11.3. The maximum Gasteiger partial charge on any atom is 0.302 e. The van der Waals surface area contributed by atoms with Crippen LogP contribution in [0.1, 0.15) is 47.4 Å². The maximum absolute atomic E-state index is 12.4. The van der Waals surface area contributed by atoms with Gasteiger partial charge in [0, 0.05) is 12.5 Å². The van der Waals surface area contributed by atoms with Gasteiger partial charge in [0.25, 0.3) is 0 Å². The number of rotatable bonds is 5. The van der Waals surface area contributed by atoms with E-state index in [-0.39, 0.29) is 40.8 Å². The molecule has 0 spiro atoms. The quantitative estimate of drug-likeness (QED) is 0.489. The van der Waals surface area contributed by atoms with Gasteiger partial charge in [-0.15, -0.1) is 0 Å². The first kappa shape index (κ1) is 17.5. The fourth-order valence-electron chi connectivity index (χ4n) is 2.45. The minimum atomic E-state index is -0.506. The van der Waals surface area contributed by atoms with Crippen molar-refractivity contribution in [1.82, 2.24) is 0 Å². The van der Waals surface area contributed by atoms with Crippen molar-refractivity contribution in [3.05, 3.63) is 46.6 Å². The van der Waals surface area contributed by atoms with Gasteiger partial charge in [-0.05, 0) is 43.5 Å². The van der Waals surface area contributed by atoms with Crippen molar-refractivity contribution in [3.8, 4) is 11.5 Å². The lowest BCUT2D eigenvalue weighted by atomic mass is 9.86. The summed E-state index contributed by atoms with van der Waals surface area (Å²) in [6.07, 6.45) is 3.79. The number of phenolic OH excluding ortho intramolecular Hbond substituents is 2. The molecule has 6 nitrogen and oxygen atoms in total. The summed E-state index contributed by atoms with van der Waals surface area (Å²) in [6.45, 7) is 3.30. The van der Waals surface area contributed by atoms with Crippen LogP contribution in [0.15, 0.2) is 35.4 Å². The van der Waals surface area contributed by atoms with Gasteiger partial charge in [-0.1, -0.05) is 6.08 Å². The molecule has 2 rings (SSSR count). The molecule has 24 heavy (non-hydrogen) atoms. The van der Waals surface area contributed by atoms with Crippen LogP contribution in [0.5, 0.6) is 11.5 Å². The smallest absolute Gasteiger partial charge is 0.302 e. The number of benzene rings is 1. The Kier molecular flexibility index (Phi) is 5.18. The van der Waals surface area contributed by atoms with Gasteiger partial charge in [0.05, 0.1) is 11.1 Å². The number of esters is 1. The maximum atomic E-state index is 12.4. The van der Waals surface area contributed by atoms with E-state index >= 15 is 0 Å². The second-order valence-corrected chi connectivity index (χ2v) is 5.59. The average Bonchev–Trinajstić information content (AvgIpc) is 2.52. The van der Waals surface area contributed by atoms with E-state index in [0.29, 0.717) is 12.8 Å². The van der Waals surface area contributed by atoms with Crippen LogP contribution in [0, 0.1) is 0 Å². The first-order valence-corrected chi connectivity index (χ1v) is 7.44. The summed E-state index contributed by atoms with van der Waals surface area (Å²) in [7, 11) is 0. The third-order valence-corrected chi connectivity index (χ3v) is 3.64. The Morgan fingerprint density at radius 3 is 2.38 bits per heavy atom. The second-order valence-electron chi connectivity index (χ2n) is 5.59. The summed E-state index contributed by atoms with van der Waals surface area (Å²) in [4.78, 5) is 35.3. The molecule has 0 bridgehead atoms. The van der Waals surface area contributed by atoms with Gasteiger partial charge < -0.3 is 14.9 Å². The summed E-state index contributed by atoms with van der Waals surface area (Å²) in [5, 5.41) is 19.6. The Balaban J connectivity index is 2.12. The van der Waals surface area contributed by atoms with E-state index < -0.39 is 11.6 Å². The molecule has 0 atom stereocenters. The monoisotopic (exact) mass is 330 g/mol. The average molecular weight is 330 g/mol. The Hall–Kier alpha value is -2.89. The predicted octanol–water partition coefficient (Wildman–Crippen LogP) is 2.69. The van der Waals surface area contributed by atoms with Crippen molar-refractivity contribution >= 4 is 17.5 Å². The fraction of sp³-hybridized carbons (Fsp3) is 0.278. The first-order valence-electron chi connectivity index (χ1n) is 7.44. The fourth-order valence-corrected chi connectivity index (χ4v) is 2.45. The molecular formula is C18H18O6. The van der Waals surface area contributed by atoms with Crippen molar-refractivity contribution in [2.75, 3.05) is 6.61 Å². The van der Waals surface area contributed by atoms with Crippen molar-refractivity contribution in [2.24, 2.45) is 0 Å². The standard InChI is InChI=1S/C18H18O6/c1-10(9-24-11(2)19)4-3-5-12-8-15(22)16-13(20)6-7-14(21)17(16)18(12)23/h4,6-8,20-21H,3,5,9H2,1-2H3. The van der Waals surface area contributed by atoms with E-state index in [1.54, 1.807) is 6.92 Å². The SMILES string of the molecule is CC(=O)OCC(C)=CCCC1=CC(=O)c2c(O)ccc(O)c2C1=O. The molecule has 2 N–H and O–H groups in total. The lowest BCUT2D eigenvalue weighted by molar-refractivity contribution is -0.139. The predicted molar refractivity (Wildman–Crippen MR) is 86.1 cm³/mol. The summed E-state index contributed by atoms with van der Waals surface area (Å²) >= 11 is 0. The number of aromatic hydroxyl groups is 2. The molecule has 0 radical (unpaired) electrons. The molecule has 0 saturated carbocycles. The van der Waals surface area contributed by atoms with Crippen LogP contribution in [0.2, 0.25) is 0 Å². The lowest BCUT2D eigenvalue weighted by Gasteiger charge is -2.16. The molecule has 1 aromatic carbocycles. The third kappa shape index (κ3) is 3.71. The highest BCUT2D eigenvalue weighted by Gasteiger charge is 2.30. The van der Waals surface area contributed by atoms with Gasteiger partial charge >= 0.3 is 5.97 Å². The van der Waals surface area contributed by atoms with Crippen molar-refractivity contribution in [2.45, 2.75) is 26.7 Å². The number of hydrogen-bond acceptors (Lipinski definition) is 6. The minimum absolute atomic E-state index is 0.155. The Morgan fingerprint density at radius 2 is 1.75 bits per heavy atom. The largest absolute Gasteiger partial charge is 0.507 e. The molecule has 0 amide bonds. The number of ether oxygens (including phenoxy) is 1. The Labute approximate surface area is 139 Å². The molecule has 1 aliphatic rings. The molecule has 6 heteroatoms. The van der Waals surface area contributed by atoms with Gasteiger partial charge in [0.15, 0.2) is 11.6 Å². The van der Waals surface area contributed by atoms with Gasteiger partial charge in [0.1, 0.15) is 18.1 Å². The summed E-state index contributed by atoms with van der Waals surface area (Å²) < 4.78 is 4.86. The second kappa shape index (κ2) is 7.12. The van der Waals surface area contributed by atoms with E-state index in [1.807, 2.05) is 6.08 Å². The molecule has 0 aliphatic heterocycles. The minimum Gasteiger partial charge on any atom is -0.507 e. The summed E-state index contributed by atoms with van der Waals surface area (Å²) in [5.41, 5.74) is 0.787. The number of carbonyl (C=O) groups excluding carboxylic acids is 3. The highest BCUT2D eigenvalue weighted by molar-refractivity contribution is 6.26. The van der Waals surface area contributed by atoms with Crippen LogP contribution >= 0.6 is 0 Å². The summed E-state index contributed by atoms with van der Waals surface area (Å²) in [6, 6.07) is 2.37. The molecule has 1 aromatic rings. The van der Waals surface area contributed by atoms with E-state index in [4.69, 9.17) is 4.74 Å². The zero-order valence-corrected chi connectivity index (χ0v) is 13.5. The number of Topliss-reactive ketones (excluding diaryl/α,β-unsaturated/α-hetero) is 1. The van der Waals surface area contributed by atoms with Crippen LogP contribution < -0.4 is 0 Å². The van der Waals surface area contributed by atoms with E-state index in [2.05, 4.69) is 0 Å². The van der Waals surface area contributed by atoms with Crippen LogP contribution in [0.25, 0.3) is 0 Å². The molecule has 1 aliphatic carbocycles. The molecule has 0 fully saturated rings. The molecule has 0 unspecified atom stereocenters. The zero-order valence-electron chi connectivity index (χ0n) is 13.5. The van der Waals surface area contributed by atoms with Gasteiger partial charge in [-0.25, -0.2) is 0 Å². The molecule has 0 heterocycles. The molecular weight excluding hydrogens is 312 g/mol. The third-order valence-electron chi connectivity index (χ3n) is 3.64. The highest BCUT2D eigenvalue weighted by atomic mass is 16.5. The van der Waals surface area contributed by atoms with Gasteiger partial charge in [0.2, 0.25) is 0 Å². The van der Waals surface area contributed by atoms with E-state index in [0.717, 1.165) is 5.57 Å².